The van der Waals surface area contributed by atoms with Gasteiger partial charge in [-0.15, -0.1) is 0 Å². The highest BCUT2D eigenvalue weighted by Crippen LogP contribution is 2.28. The number of amides is 1. The summed E-state index contributed by atoms with van der Waals surface area (Å²) in [4.78, 5) is 22.1. The van der Waals surface area contributed by atoms with Crippen molar-refractivity contribution in [3.63, 3.8) is 0 Å². The zero-order valence-electron chi connectivity index (χ0n) is 10.3. The van der Waals surface area contributed by atoms with Crippen molar-refractivity contribution in [3.05, 3.63) is 67.9 Å². The molecule has 0 bridgehead atoms. The van der Waals surface area contributed by atoms with Crippen molar-refractivity contribution in [2.75, 3.05) is 5.32 Å². The molecule has 0 unspecified atom stereocenters. The fourth-order valence-corrected chi connectivity index (χ4v) is 2.16. The molecule has 0 spiro atoms. The van der Waals surface area contributed by atoms with E-state index in [0.29, 0.717) is 0 Å². The number of halogens is 3. The predicted molar refractivity (Wildman–Crippen MR) is 77.5 cm³/mol. The molecule has 0 aliphatic rings. The van der Waals surface area contributed by atoms with E-state index in [0.717, 1.165) is 12.1 Å². The number of nitrogens with zero attached hydrogens (tertiary/aromatic N) is 1. The van der Waals surface area contributed by atoms with Gasteiger partial charge in [0.1, 0.15) is 10.8 Å². The molecule has 0 saturated carbocycles. The smallest absolute Gasteiger partial charge is 0.288 e. The van der Waals surface area contributed by atoms with Gasteiger partial charge in [0.25, 0.3) is 11.6 Å². The Balaban J connectivity index is 2.33. The minimum Gasteiger partial charge on any atom is -0.322 e. The maximum atomic E-state index is 13.2. The van der Waals surface area contributed by atoms with Crippen molar-refractivity contribution in [1.82, 2.24) is 0 Å². The van der Waals surface area contributed by atoms with E-state index in [9.17, 15) is 19.3 Å². The van der Waals surface area contributed by atoms with Gasteiger partial charge >= 0.3 is 0 Å². The number of rotatable bonds is 3. The topological polar surface area (TPSA) is 72.2 Å². The first-order valence-electron chi connectivity index (χ1n) is 5.59. The summed E-state index contributed by atoms with van der Waals surface area (Å²) in [6, 6.07) is 7.32. The molecule has 21 heavy (non-hydrogen) atoms. The quantitative estimate of drug-likeness (QED) is 0.674. The van der Waals surface area contributed by atoms with Gasteiger partial charge in [0.05, 0.1) is 10.5 Å². The second-order valence-electron chi connectivity index (χ2n) is 4.01. The first-order valence-corrected chi connectivity index (χ1v) is 6.34. The van der Waals surface area contributed by atoms with E-state index < -0.39 is 16.6 Å². The normalized spacial score (nSPS) is 10.2. The van der Waals surface area contributed by atoms with Crippen LogP contribution in [0.15, 0.2) is 36.4 Å². The number of nitro groups is 1. The first kappa shape index (κ1) is 15.2. The fraction of sp³-hybridized carbons (Fsp3) is 0. The lowest BCUT2D eigenvalue weighted by Gasteiger charge is -2.07. The van der Waals surface area contributed by atoms with Crippen molar-refractivity contribution in [2.24, 2.45) is 0 Å². The second kappa shape index (κ2) is 6.07. The maximum absolute atomic E-state index is 13.2. The number of nitrogens with one attached hydrogen (secondary N) is 1. The number of hydrogen-bond donors (Lipinski definition) is 1. The summed E-state index contributed by atoms with van der Waals surface area (Å²) in [5, 5.41) is 13.0. The summed E-state index contributed by atoms with van der Waals surface area (Å²) in [5.74, 6) is -1.33. The van der Waals surface area contributed by atoms with E-state index in [1.54, 1.807) is 0 Å². The Morgan fingerprint density at radius 2 is 1.95 bits per heavy atom. The molecule has 0 saturated heterocycles. The van der Waals surface area contributed by atoms with E-state index in [2.05, 4.69) is 5.32 Å². The molecule has 0 atom stereocenters. The van der Waals surface area contributed by atoms with Crippen LogP contribution in [0.2, 0.25) is 10.0 Å². The third-order valence-corrected chi connectivity index (χ3v) is 3.16. The molecule has 0 fully saturated rings. The highest BCUT2D eigenvalue weighted by Gasteiger charge is 2.20. The van der Waals surface area contributed by atoms with Gasteiger partial charge in [-0.2, -0.15) is 0 Å². The van der Waals surface area contributed by atoms with Gasteiger partial charge in [-0.05, 0) is 24.3 Å². The average Bonchev–Trinajstić information content (AvgIpc) is 2.37. The SMILES string of the molecule is O=C(Nc1cc(F)cc(Cl)c1)c1cccc([N+](=O)[O-])c1Cl. The maximum Gasteiger partial charge on any atom is 0.288 e. The van der Waals surface area contributed by atoms with Crippen molar-refractivity contribution < 1.29 is 14.1 Å². The Labute approximate surface area is 128 Å². The lowest BCUT2D eigenvalue weighted by molar-refractivity contribution is -0.384. The zero-order chi connectivity index (χ0) is 15.6. The van der Waals surface area contributed by atoms with E-state index in [-0.39, 0.29) is 27.0 Å². The van der Waals surface area contributed by atoms with Gasteiger partial charge in [0, 0.05) is 16.8 Å². The lowest BCUT2D eigenvalue weighted by atomic mass is 10.2. The van der Waals surface area contributed by atoms with Gasteiger partial charge in [-0.3, -0.25) is 14.9 Å². The van der Waals surface area contributed by atoms with Gasteiger partial charge in [0.15, 0.2) is 0 Å². The lowest BCUT2D eigenvalue weighted by Crippen LogP contribution is -2.13. The van der Waals surface area contributed by atoms with Crippen LogP contribution in [0.4, 0.5) is 15.8 Å². The first-order chi connectivity index (χ1) is 9.88. The summed E-state index contributed by atoms with van der Waals surface area (Å²) in [6.45, 7) is 0. The van der Waals surface area contributed by atoms with Crippen LogP contribution < -0.4 is 5.32 Å². The molecule has 0 aromatic heterocycles. The molecule has 0 heterocycles. The van der Waals surface area contributed by atoms with E-state index in [1.165, 1.54) is 24.3 Å². The fourth-order valence-electron chi connectivity index (χ4n) is 1.66. The van der Waals surface area contributed by atoms with Crippen LogP contribution in [0.25, 0.3) is 0 Å². The summed E-state index contributed by atoms with van der Waals surface area (Å²) in [7, 11) is 0. The number of anilines is 1. The average molecular weight is 329 g/mol. The minimum absolute atomic E-state index is 0.0914. The molecule has 2 aromatic carbocycles. The zero-order valence-corrected chi connectivity index (χ0v) is 11.8. The third-order valence-electron chi connectivity index (χ3n) is 2.54. The second-order valence-corrected chi connectivity index (χ2v) is 4.82. The van der Waals surface area contributed by atoms with Crippen LogP contribution in [0.3, 0.4) is 0 Å². The van der Waals surface area contributed by atoms with Crippen LogP contribution in [-0.4, -0.2) is 10.8 Å². The van der Waals surface area contributed by atoms with Crippen LogP contribution in [0.1, 0.15) is 10.4 Å². The highest BCUT2D eigenvalue weighted by atomic mass is 35.5. The largest absolute Gasteiger partial charge is 0.322 e. The molecule has 0 aliphatic heterocycles. The number of carbonyl (C=O) groups excluding carboxylic acids is 1. The van der Waals surface area contributed by atoms with E-state index in [4.69, 9.17) is 23.2 Å². The van der Waals surface area contributed by atoms with Crippen molar-refractivity contribution in [3.8, 4) is 0 Å². The summed E-state index contributed by atoms with van der Waals surface area (Å²) >= 11 is 11.5. The van der Waals surface area contributed by atoms with E-state index in [1.807, 2.05) is 0 Å². The Hall–Kier alpha value is -2.18. The molecular formula is C13H7Cl2FN2O3. The highest BCUT2D eigenvalue weighted by molar-refractivity contribution is 6.36. The molecule has 1 N–H and O–H groups in total. The molecule has 2 aromatic rings. The molecule has 8 heteroatoms. The standard InChI is InChI=1S/C13H7Cl2FN2O3/c14-7-4-8(16)6-9(5-7)17-13(19)10-2-1-3-11(12(10)15)18(20)21/h1-6H,(H,17,19). The van der Waals surface area contributed by atoms with Gasteiger partial charge in [-0.25, -0.2) is 4.39 Å². The Morgan fingerprint density at radius 3 is 2.57 bits per heavy atom. The summed E-state index contributed by atoms with van der Waals surface area (Å²) in [6.07, 6.45) is 0. The van der Waals surface area contributed by atoms with Crippen LogP contribution in [0, 0.1) is 15.9 Å². The minimum atomic E-state index is -0.703. The van der Waals surface area contributed by atoms with Gasteiger partial charge in [-0.1, -0.05) is 29.3 Å². The molecule has 108 valence electrons. The van der Waals surface area contributed by atoms with Crippen LogP contribution in [0.5, 0.6) is 0 Å². The molecule has 1 amide bonds. The number of carbonyl (C=O) groups is 1. The predicted octanol–water partition coefficient (Wildman–Crippen LogP) is 4.29. The number of nitro benzene ring substituents is 1. The molecule has 0 aliphatic carbocycles. The third kappa shape index (κ3) is 3.48. The molecule has 0 radical (unpaired) electrons. The Morgan fingerprint density at radius 1 is 1.24 bits per heavy atom. The summed E-state index contributed by atoms with van der Waals surface area (Å²) < 4.78 is 13.2. The van der Waals surface area contributed by atoms with E-state index >= 15 is 0 Å². The Bertz CT molecular complexity index is 717. The van der Waals surface area contributed by atoms with Crippen molar-refractivity contribution in [1.29, 1.82) is 0 Å². The van der Waals surface area contributed by atoms with Crippen molar-refractivity contribution >= 4 is 40.5 Å². The molecule has 5 nitrogen and oxygen atoms in total. The molecular weight excluding hydrogens is 322 g/mol. The number of hydrogen-bond acceptors (Lipinski definition) is 3. The summed E-state index contributed by atoms with van der Waals surface area (Å²) in [5.41, 5.74) is -0.361. The Kier molecular flexibility index (Phi) is 4.40. The molecule has 2 rings (SSSR count). The van der Waals surface area contributed by atoms with Crippen LogP contribution in [-0.2, 0) is 0 Å². The van der Waals surface area contributed by atoms with Gasteiger partial charge in [0.2, 0.25) is 0 Å². The van der Waals surface area contributed by atoms with Crippen molar-refractivity contribution in [2.45, 2.75) is 0 Å². The van der Waals surface area contributed by atoms with Crippen LogP contribution >= 0.6 is 23.2 Å². The monoisotopic (exact) mass is 328 g/mol. The van der Waals surface area contributed by atoms with Gasteiger partial charge < -0.3 is 5.32 Å². The number of benzene rings is 2.